The van der Waals surface area contributed by atoms with E-state index < -0.39 is 10.8 Å². The number of nitrogens with zero attached hydrogens (tertiary/aromatic N) is 2. The highest BCUT2D eigenvalue weighted by Gasteiger charge is 2.28. The highest BCUT2D eigenvalue weighted by molar-refractivity contribution is 7.83. The molecule has 122 valence electrons. The van der Waals surface area contributed by atoms with Crippen molar-refractivity contribution in [3.8, 4) is 5.69 Å². The Morgan fingerprint density at radius 2 is 2.17 bits per heavy atom. The monoisotopic (exact) mass is 377 g/mol. The van der Waals surface area contributed by atoms with Crippen molar-refractivity contribution in [3.63, 3.8) is 0 Å². The lowest BCUT2D eigenvalue weighted by Gasteiger charge is -2.10. The Hall–Kier alpha value is -1.96. The fraction of sp³-hybridized carbons (Fsp3) is 0.125. The highest BCUT2D eigenvalue weighted by Crippen LogP contribution is 2.32. The molecule has 1 amide bonds. The summed E-state index contributed by atoms with van der Waals surface area (Å²) in [7, 11) is -0.970. The van der Waals surface area contributed by atoms with E-state index in [1.165, 1.54) is 11.3 Å². The molecule has 3 aromatic rings. The van der Waals surface area contributed by atoms with Crippen LogP contribution < -0.4 is 5.32 Å². The van der Waals surface area contributed by atoms with Crippen LogP contribution in [0.4, 0.5) is 5.82 Å². The lowest BCUT2D eigenvalue weighted by Crippen LogP contribution is -2.15. The lowest BCUT2D eigenvalue weighted by molar-refractivity contribution is 0.102. The van der Waals surface area contributed by atoms with Gasteiger partial charge in [-0.2, -0.15) is 5.10 Å². The molecule has 5 nitrogen and oxygen atoms in total. The molecule has 0 fully saturated rings. The minimum absolute atomic E-state index is 0.200. The summed E-state index contributed by atoms with van der Waals surface area (Å²) >= 11 is 7.44. The van der Waals surface area contributed by atoms with Crippen molar-refractivity contribution in [2.45, 2.75) is 11.5 Å². The standard InChI is InChI=1S/C16H12ClN3O2S2/c17-10-3-1-4-11(7-10)20-15(12-8-24(22)9-13(12)19-20)18-16(21)14-5-2-6-23-14/h1-7H,8-9H2,(H,18,21)/t24-/m1/s1. The van der Waals surface area contributed by atoms with Gasteiger partial charge >= 0.3 is 0 Å². The van der Waals surface area contributed by atoms with E-state index in [4.69, 9.17) is 11.6 Å². The third kappa shape index (κ3) is 2.79. The number of hydrogen-bond acceptors (Lipinski definition) is 4. The highest BCUT2D eigenvalue weighted by atomic mass is 35.5. The minimum atomic E-state index is -0.970. The first-order valence-electron chi connectivity index (χ1n) is 7.18. The first-order valence-corrected chi connectivity index (χ1v) is 9.93. The molecule has 0 bridgehead atoms. The van der Waals surface area contributed by atoms with Crippen LogP contribution in [0.3, 0.4) is 0 Å². The number of halogens is 1. The first kappa shape index (κ1) is 15.6. The Kier molecular flexibility index (Phi) is 3.99. The topological polar surface area (TPSA) is 64.0 Å². The molecule has 4 rings (SSSR count). The van der Waals surface area contributed by atoms with Crippen molar-refractivity contribution in [1.82, 2.24) is 9.78 Å². The average molecular weight is 378 g/mol. The zero-order valence-electron chi connectivity index (χ0n) is 12.4. The van der Waals surface area contributed by atoms with Crippen LogP contribution in [-0.4, -0.2) is 19.9 Å². The summed E-state index contributed by atoms with van der Waals surface area (Å²) < 4.78 is 13.5. The van der Waals surface area contributed by atoms with Crippen molar-refractivity contribution in [2.75, 3.05) is 5.32 Å². The van der Waals surface area contributed by atoms with Crippen LogP contribution >= 0.6 is 22.9 Å². The van der Waals surface area contributed by atoms with Gasteiger partial charge in [0.1, 0.15) is 5.82 Å². The summed E-state index contributed by atoms with van der Waals surface area (Å²) in [6, 6.07) is 10.8. The predicted molar refractivity (Wildman–Crippen MR) is 96.4 cm³/mol. The van der Waals surface area contributed by atoms with Crippen LogP contribution in [0.2, 0.25) is 5.02 Å². The maximum Gasteiger partial charge on any atom is 0.266 e. The number of nitrogens with one attached hydrogen (secondary N) is 1. The number of fused-ring (bicyclic) bond motifs is 1. The molecule has 0 saturated carbocycles. The van der Waals surface area contributed by atoms with E-state index in [-0.39, 0.29) is 5.91 Å². The van der Waals surface area contributed by atoms with Crippen LogP contribution in [0, 0.1) is 0 Å². The van der Waals surface area contributed by atoms with Crippen LogP contribution in [0.1, 0.15) is 20.9 Å². The van der Waals surface area contributed by atoms with Crippen molar-refractivity contribution < 1.29 is 9.00 Å². The summed E-state index contributed by atoms with van der Waals surface area (Å²) in [6.45, 7) is 0. The summed E-state index contributed by atoms with van der Waals surface area (Å²) in [6.07, 6.45) is 0. The van der Waals surface area contributed by atoms with Crippen molar-refractivity contribution >= 4 is 45.5 Å². The second kappa shape index (κ2) is 6.16. The van der Waals surface area contributed by atoms with Gasteiger partial charge in [-0.15, -0.1) is 11.3 Å². The Bertz CT molecular complexity index is 950. The van der Waals surface area contributed by atoms with E-state index in [0.29, 0.717) is 27.2 Å². The van der Waals surface area contributed by atoms with Gasteiger partial charge in [0.25, 0.3) is 5.91 Å². The summed E-state index contributed by atoms with van der Waals surface area (Å²) in [5, 5.41) is 9.90. The summed E-state index contributed by atoms with van der Waals surface area (Å²) in [5.41, 5.74) is 2.34. The number of aromatic nitrogens is 2. The number of rotatable bonds is 3. The molecule has 24 heavy (non-hydrogen) atoms. The predicted octanol–water partition coefficient (Wildman–Crippen LogP) is 3.60. The Morgan fingerprint density at radius 3 is 2.92 bits per heavy atom. The second-order valence-electron chi connectivity index (χ2n) is 5.33. The number of hydrogen-bond donors (Lipinski definition) is 1. The van der Waals surface area contributed by atoms with Gasteiger partial charge in [0.15, 0.2) is 0 Å². The van der Waals surface area contributed by atoms with Gasteiger partial charge in [-0.1, -0.05) is 23.7 Å². The molecule has 1 aromatic carbocycles. The molecule has 0 saturated heterocycles. The second-order valence-corrected chi connectivity index (χ2v) is 8.17. The van der Waals surface area contributed by atoms with Crippen LogP contribution in [0.25, 0.3) is 5.69 Å². The first-order chi connectivity index (χ1) is 11.6. The molecule has 3 heterocycles. The van der Waals surface area contributed by atoms with Gasteiger partial charge in [-0.25, -0.2) is 4.68 Å². The molecule has 0 aliphatic carbocycles. The van der Waals surface area contributed by atoms with Gasteiger partial charge < -0.3 is 5.32 Å². The van der Waals surface area contributed by atoms with E-state index in [1.54, 1.807) is 22.9 Å². The van der Waals surface area contributed by atoms with E-state index in [2.05, 4.69) is 10.4 Å². The normalized spacial score (nSPS) is 16.1. The third-order valence-corrected chi connectivity index (χ3v) is 6.01. The Morgan fingerprint density at radius 1 is 1.29 bits per heavy atom. The number of thiophene rings is 1. The van der Waals surface area contributed by atoms with Crippen molar-refractivity contribution in [2.24, 2.45) is 0 Å². The SMILES string of the molecule is O=C(Nc1c2c(nn1-c1cccc(Cl)c1)C[S@](=O)C2)c1cccs1. The van der Waals surface area contributed by atoms with E-state index in [1.807, 2.05) is 23.6 Å². The Balaban J connectivity index is 1.79. The smallest absolute Gasteiger partial charge is 0.266 e. The lowest BCUT2D eigenvalue weighted by atomic mass is 10.2. The molecule has 1 N–H and O–H groups in total. The van der Waals surface area contributed by atoms with E-state index in [9.17, 15) is 9.00 Å². The molecule has 1 aliphatic heterocycles. The molecule has 8 heteroatoms. The van der Waals surface area contributed by atoms with E-state index >= 15 is 0 Å². The maximum atomic E-state index is 12.5. The van der Waals surface area contributed by atoms with Crippen molar-refractivity contribution in [1.29, 1.82) is 0 Å². The van der Waals surface area contributed by atoms with Gasteiger partial charge in [0.05, 0.1) is 27.8 Å². The van der Waals surface area contributed by atoms with Crippen LogP contribution in [-0.2, 0) is 22.3 Å². The minimum Gasteiger partial charge on any atom is -0.305 e. The average Bonchev–Trinajstić information content (AvgIpc) is 3.25. The molecular weight excluding hydrogens is 366 g/mol. The van der Waals surface area contributed by atoms with Gasteiger partial charge in [-0.3, -0.25) is 9.00 Å². The molecule has 2 aromatic heterocycles. The summed E-state index contributed by atoms with van der Waals surface area (Å²) in [4.78, 5) is 13.1. The number of benzene rings is 1. The van der Waals surface area contributed by atoms with Gasteiger partial charge in [-0.05, 0) is 29.6 Å². The quantitative estimate of drug-likeness (QED) is 0.758. The molecular formula is C16H12ClN3O2S2. The Labute approximate surface area is 149 Å². The number of carbonyl (C=O) groups excluding carboxylic acids is 1. The fourth-order valence-corrected chi connectivity index (χ4v) is 4.70. The number of anilines is 1. The van der Waals surface area contributed by atoms with Gasteiger partial charge in [0, 0.05) is 21.4 Å². The van der Waals surface area contributed by atoms with Crippen LogP contribution in [0.5, 0.6) is 0 Å². The van der Waals surface area contributed by atoms with Crippen molar-refractivity contribution in [3.05, 3.63) is 62.9 Å². The van der Waals surface area contributed by atoms with E-state index in [0.717, 1.165) is 16.9 Å². The molecule has 0 unspecified atom stereocenters. The number of carbonyl (C=O) groups is 1. The summed E-state index contributed by atoms with van der Waals surface area (Å²) in [5.74, 6) is 1.17. The zero-order valence-corrected chi connectivity index (χ0v) is 14.7. The van der Waals surface area contributed by atoms with Gasteiger partial charge in [0.2, 0.25) is 0 Å². The maximum absolute atomic E-state index is 12.5. The molecule has 0 radical (unpaired) electrons. The molecule has 1 atom stereocenters. The largest absolute Gasteiger partial charge is 0.305 e. The molecule has 0 spiro atoms. The molecule has 1 aliphatic rings. The third-order valence-electron chi connectivity index (χ3n) is 3.70. The fourth-order valence-electron chi connectivity index (χ4n) is 2.63. The van der Waals surface area contributed by atoms with Crippen LogP contribution in [0.15, 0.2) is 41.8 Å². The number of amides is 1. The zero-order chi connectivity index (χ0) is 16.7.